The topological polar surface area (TPSA) is 30.5 Å². The van der Waals surface area contributed by atoms with Gasteiger partial charge in [-0.05, 0) is 24.7 Å². The number of hydrogen-bond donors (Lipinski definition) is 1. The lowest BCUT2D eigenvalue weighted by Gasteiger charge is -2.16. The summed E-state index contributed by atoms with van der Waals surface area (Å²) in [7, 11) is 4.87. The number of likely N-dealkylation sites (N-methyl/N-ethyl adjacent to an activating group) is 1. The van der Waals surface area contributed by atoms with E-state index in [0.29, 0.717) is 6.61 Å². The molecule has 1 aromatic carbocycles. The quantitative estimate of drug-likeness (QED) is 0.808. The lowest BCUT2D eigenvalue weighted by molar-refractivity contribution is 0.170. The highest BCUT2D eigenvalue weighted by molar-refractivity contribution is 5.31. The lowest BCUT2D eigenvalue weighted by Crippen LogP contribution is -2.21. The average Bonchev–Trinajstić information content (AvgIpc) is 2.25. The van der Waals surface area contributed by atoms with E-state index in [-0.39, 0.29) is 17.6 Å². The van der Waals surface area contributed by atoms with Gasteiger partial charge >= 0.3 is 0 Å². The van der Waals surface area contributed by atoms with Crippen LogP contribution in [0.1, 0.15) is 11.6 Å². The number of rotatable bonds is 5. The first-order chi connectivity index (χ1) is 7.22. The first-order valence-corrected chi connectivity index (χ1v) is 4.72. The van der Waals surface area contributed by atoms with Crippen molar-refractivity contribution >= 4 is 0 Å². The molecule has 0 saturated carbocycles. The summed E-state index contributed by atoms with van der Waals surface area (Å²) >= 11 is 0. The molecule has 4 heteroatoms. The zero-order valence-corrected chi connectivity index (χ0v) is 9.21. The van der Waals surface area contributed by atoms with E-state index >= 15 is 0 Å². The van der Waals surface area contributed by atoms with Gasteiger partial charge in [-0.2, -0.15) is 0 Å². The molecular formula is C11H16FNO2. The molecule has 15 heavy (non-hydrogen) atoms. The minimum Gasteiger partial charge on any atom is -0.494 e. The van der Waals surface area contributed by atoms with Crippen LogP contribution in [0.5, 0.6) is 5.75 Å². The van der Waals surface area contributed by atoms with Gasteiger partial charge in [0.15, 0.2) is 11.6 Å². The van der Waals surface area contributed by atoms with Crippen LogP contribution in [0.3, 0.4) is 0 Å². The van der Waals surface area contributed by atoms with Crippen LogP contribution in [0.25, 0.3) is 0 Å². The third-order valence-corrected chi connectivity index (χ3v) is 2.26. The van der Waals surface area contributed by atoms with Gasteiger partial charge in [0.25, 0.3) is 0 Å². The van der Waals surface area contributed by atoms with Crippen molar-refractivity contribution in [1.82, 2.24) is 5.32 Å². The molecule has 1 atom stereocenters. The van der Waals surface area contributed by atoms with Gasteiger partial charge in [0.2, 0.25) is 0 Å². The van der Waals surface area contributed by atoms with Crippen LogP contribution in [-0.2, 0) is 4.74 Å². The number of nitrogens with one attached hydrogen (secondary N) is 1. The molecule has 0 aliphatic rings. The van der Waals surface area contributed by atoms with Crippen molar-refractivity contribution in [2.24, 2.45) is 0 Å². The Morgan fingerprint density at radius 1 is 1.40 bits per heavy atom. The minimum atomic E-state index is -0.355. The van der Waals surface area contributed by atoms with Crippen molar-refractivity contribution in [2.75, 3.05) is 27.9 Å². The van der Waals surface area contributed by atoms with Gasteiger partial charge < -0.3 is 14.8 Å². The molecule has 1 rings (SSSR count). The minimum absolute atomic E-state index is 0.00425. The molecule has 0 heterocycles. The summed E-state index contributed by atoms with van der Waals surface area (Å²) < 4.78 is 23.3. The van der Waals surface area contributed by atoms with Crippen LogP contribution < -0.4 is 10.1 Å². The maximum atomic E-state index is 13.4. The molecule has 1 N–H and O–H groups in total. The second-order valence-electron chi connectivity index (χ2n) is 3.19. The summed E-state index contributed by atoms with van der Waals surface area (Å²) in [6.07, 6.45) is 0. The highest BCUT2D eigenvalue weighted by Gasteiger charge is 2.11. The van der Waals surface area contributed by atoms with Crippen LogP contribution in [-0.4, -0.2) is 27.9 Å². The Balaban J connectivity index is 2.89. The Labute approximate surface area is 89.2 Å². The van der Waals surface area contributed by atoms with Crippen molar-refractivity contribution < 1.29 is 13.9 Å². The molecule has 0 aliphatic carbocycles. The number of hydrogen-bond acceptors (Lipinski definition) is 3. The van der Waals surface area contributed by atoms with E-state index in [1.807, 2.05) is 13.1 Å². The summed E-state index contributed by atoms with van der Waals surface area (Å²) in [5.74, 6) is -0.0997. The number of benzene rings is 1. The SMILES string of the molecule is CNC(COC)c1ccc(OC)c(F)c1. The third kappa shape index (κ3) is 2.91. The van der Waals surface area contributed by atoms with E-state index in [2.05, 4.69) is 5.32 Å². The Bertz CT molecular complexity index is 317. The van der Waals surface area contributed by atoms with Gasteiger partial charge in [-0.3, -0.25) is 0 Å². The van der Waals surface area contributed by atoms with Crippen molar-refractivity contribution in [2.45, 2.75) is 6.04 Å². The second kappa shape index (κ2) is 5.68. The van der Waals surface area contributed by atoms with E-state index in [9.17, 15) is 4.39 Å². The monoisotopic (exact) mass is 213 g/mol. The van der Waals surface area contributed by atoms with Crippen molar-refractivity contribution in [3.63, 3.8) is 0 Å². The zero-order valence-electron chi connectivity index (χ0n) is 9.21. The fourth-order valence-corrected chi connectivity index (χ4v) is 1.41. The predicted octanol–water partition coefficient (Wildman–Crippen LogP) is 1.74. The summed E-state index contributed by atoms with van der Waals surface area (Å²) in [6, 6.07) is 4.89. The van der Waals surface area contributed by atoms with Crippen molar-refractivity contribution in [1.29, 1.82) is 0 Å². The van der Waals surface area contributed by atoms with Crippen LogP contribution >= 0.6 is 0 Å². The molecule has 0 spiro atoms. The average molecular weight is 213 g/mol. The zero-order chi connectivity index (χ0) is 11.3. The maximum Gasteiger partial charge on any atom is 0.165 e. The summed E-state index contributed by atoms with van der Waals surface area (Å²) in [5.41, 5.74) is 0.845. The third-order valence-electron chi connectivity index (χ3n) is 2.26. The Kier molecular flexibility index (Phi) is 4.52. The van der Waals surface area contributed by atoms with Gasteiger partial charge in [0.05, 0.1) is 19.8 Å². The van der Waals surface area contributed by atoms with Crippen molar-refractivity contribution in [3.8, 4) is 5.75 Å². The standard InChI is InChI=1S/C11H16FNO2/c1-13-10(7-14-2)8-4-5-11(15-3)9(12)6-8/h4-6,10,13H,7H2,1-3H3. The van der Waals surface area contributed by atoms with Gasteiger partial charge in [-0.1, -0.05) is 6.07 Å². The maximum absolute atomic E-state index is 13.4. The first kappa shape index (κ1) is 11.9. The highest BCUT2D eigenvalue weighted by Crippen LogP contribution is 2.21. The predicted molar refractivity (Wildman–Crippen MR) is 56.6 cm³/mol. The van der Waals surface area contributed by atoms with Gasteiger partial charge in [0.1, 0.15) is 0 Å². The highest BCUT2D eigenvalue weighted by atomic mass is 19.1. The summed E-state index contributed by atoms with van der Waals surface area (Å²) in [6.45, 7) is 0.502. The van der Waals surface area contributed by atoms with E-state index in [4.69, 9.17) is 9.47 Å². The fraction of sp³-hybridized carbons (Fsp3) is 0.455. The molecule has 0 amide bonds. The molecule has 0 bridgehead atoms. The van der Waals surface area contributed by atoms with Gasteiger partial charge in [-0.15, -0.1) is 0 Å². The molecule has 3 nitrogen and oxygen atoms in total. The lowest BCUT2D eigenvalue weighted by atomic mass is 10.1. The Morgan fingerprint density at radius 3 is 2.60 bits per heavy atom. The van der Waals surface area contributed by atoms with E-state index < -0.39 is 0 Å². The van der Waals surface area contributed by atoms with Gasteiger partial charge in [-0.25, -0.2) is 4.39 Å². The van der Waals surface area contributed by atoms with Crippen LogP contribution in [0.15, 0.2) is 18.2 Å². The fourth-order valence-electron chi connectivity index (χ4n) is 1.41. The molecule has 1 aromatic rings. The van der Waals surface area contributed by atoms with E-state index in [1.165, 1.54) is 13.2 Å². The number of halogens is 1. The molecule has 0 saturated heterocycles. The molecule has 1 unspecified atom stereocenters. The molecule has 0 radical (unpaired) electrons. The molecule has 0 aromatic heterocycles. The summed E-state index contributed by atoms with van der Waals surface area (Å²) in [5, 5.41) is 3.05. The van der Waals surface area contributed by atoms with Crippen LogP contribution in [0, 0.1) is 5.82 Å². The number of ether oxygens (including phenoxy) is 2. The smallest absolute Gasteiger partial charge is 0.165 e. The molecular weight excluding hydrogens is 197 g/mol. The second-order valence-corrected chi connectivity index (χ2v) is 3.19. The van der Waals surface area contributed by atoms with E-state index in [1.54, 1.807) is 13.2 Å². The van der Waals surface area contributed by atoms with Crippen molar-refractivity contribution in [3.05, 3.63) is 29.6 Å². The van der Waals surface area contributed by atoms with Crippen LogP contribution in [0.2, 0.25) is 0 Å². The Morgan fingerprint density at radius 2 is 2.13 bits per heavy atom. The van der Waals surface area contributed by atoms with E-state index in [0.717, 1.165) is 5.56 Å². The molecule has 0 fully saturated rings. The van der Waals surface area contributed by atoms with Crippen LogP contribution in [0.4, 0.5) is 4.39 Å². The largest absolute Gasteiger partial charge is 0.494 e. The number of methoxy groups -OCH3 is 2. The van der Waals surface area contributed by atoms with Gasteiger partial charge in [0, 0.05) is 7.11 Å². The summed E-state index contributed by atoms with van der Waals surface area (Å²) in [4.78, 5) is 0. The molecule has 0 aliphatic heterocycles. The first-order valence-electron chi connectivity index (χ1n) is 4.72. The Hall–Kier alpha value is -1.13. The normalized spacial score (nSPS) is 12.5. The molecule has 84 valence electrons.